The molecule has 3 aromatic rings. The minimum Gasteiger partial charge on any atom is -0.423 e. The summed E-state index contributed by atoms with van der Waals surface area (Å²) in [5.41, 5.74) is 5.19. The molecule has 172 valence electrons. The third-order valence-corrected chi connectivity index (χ3v) is 5.47. The van der Waals surface area contributed by atoms with Gasteiger partial charge < -0.3 is 15.4 Å². The SMILES string of the molecule is Cc1cc(C)c(C(=O)Oc2ccc(C(=O)NC(=O)Nc3cccc4c3CC(=O)N4)cc2)c(C)c1. The zero-order chi connectivity index (χ0) is 24.4. The molecule has 34 heavy (non-hydrogen) atoms. The molecule has 4 rings (SSSR count). The molecule has 8 heteroatoms. The van der Waals surface area contributed by atoms with Crippen LogP contribution in [0, 0.1) is 20.8 Å². The Bertz CT molecular complexity index is 1310. The summed E-state index contributed by atoms with van der Waals surface area (Å²) in [6, 6.07) is 14.1. The predicted octanol–water partition coefficient (Wildman–Crippen LogP) is 4.29. The number of esters is 1. The first-order valence-corrected chi connectivity index (χ1v) is 10.7. The van der Waals surface area contributed by atoms with Crippen LogP contribution in [-0.2, 0) is 11.2 Å². The maximum absolute atomic E-state index is 12.6. The lowest BCUT2D eigenvalue weighted by Gasteiger charge is -2.12. The van der Waals surface area contributed by atoms with Gasteiger partial charge in [0.05, 0.1) is 12.0 Å². The van der Waals surface area contributed by atoms with Crippen LogP contribution in [0.3, 0.4) is 0 Å². The molecule has 0 unspecified atom stereocenters. The van der Waals surface area contributed by atoms with Crippen LogP contribution in [0.5, 0.6) is 5.75 Å². The van der Waals surface area contributed by atoms with Crippen LogP contribution in [-0.4, -0.2) is 23.8 Å². The molecule has 3 aromatic carbocycles. The number of nitrogens with one attached hydrogen (secondary N) is 3. The van der Waals surface area contributed by atoms with E-state index in [1.165, 1.54) is 24.3 Å². The van der Waals surface area contributed by atoms with Gasteiger partial charge in [-0.05, 0) is 68.3 Å². The number of hydrogen-bond donors (Lipinski definition) is 3. The quantitative estimate of drug-likeness (QED) is 0.400. The van der Waals surface area contributed by atoms with Crippen molar-refractivity contribution in [2.75, 3.05) is 10.6 Å². The van der Waals surface area contributed by atoms with Crippen LogP contribution in [0.25, 0.3) is 0 Å². The molecule has 0 fully saturated rings. The van der Waals surface area contributed by atoms with Crippen LogP contribution >= 0.6 is 0 Å². The van der Waals surface area contributed by atoms with Crippen molar-refractivity contribution in [1.82, 2.24) is 5.32 Å². The largest absolute Gasteiger partial charge is 0.423 e. The summed E-state index contributed by atoms with van der Waals surface area (Å²) in [4.78, 5) is 49.0. The molecule has 0 atom stereocenters. The van der Waals surface area contributed by atoms with Crippen molar-refractivity contribution in [3.63, 3.8) is 0 Å². The number of benzene rings is 3. The average molecular weight is 457 g/mol. The van der Waals surface area contributed by atoms with Crippen LogP contribution in [0.1, 0.15) is 43.0 Å². The minimum absolute atomic E-state index is 0.154. The van der Waals surface area contributed by atoms with Gasteiger partial charge in [0.25, 0.3) is 5.91 Å². The van der Waals surface area contributed by atoms with Gasteiger partial charge in [-0.15, -0.1) is 0 Å². The Morgan fingerprint density at radius 3 is 2.29 bits per heavy atom. The highest BCUT2D eigenvalue weighted by molar-refractivity contribution is 6.09. The summed E-state index contributed by atoms with van der Waals surface area (Å²) in [7, 11) is 0. The molecule has 1 aliphatic heterocycles. The summed E-state index contributed by atoms with van der Waals surface area (Å²) >= 11 is 0. The van der Waals surface area contributed by atoms with Gasteiger partial charge in [0.1, 0.15) is 5.75 Å². The molecule has 8 nitrogen and oxygen atoms in total. The van der Waals surface area contributed by atoms with Gasteiger partial charge in [-0.3, -0.25) is 14.9 Å². The maximum Gasteiger partial charge on any atom is 0.344 e. The summed E-state index contributed by atoms with van der Waals surface area (Å²) < 4.78 is 5.46. The zero-order valence-electron chi connectivity index (χ0n) is 18.9. The van der Waals surface area contributed by atoms with Gasteiger partial charge in [0.2, 0.25) is 5.91 Å². The summed E-state index contributed by atoms with van der Waals surface area (Å²) in [5.74, 6) is -0.978. The highest BCUT2D eigenvalue weighted by atomic mass is 16.5. The molecule has 0 radical (unpaired) electrons. The van der Waals surface area contributed by atoms with Crippen molar-refractivity contribution in [3.8, 4) is 5.75 Å². The number of imide groups is 1. The van der Waals surface area contributed by atoms with Crippen molar-refractivity contribution < 1.29 is 23.9 Å². The molecule has 1 aliphatic rings. The molecule has 0 saturated carbocycles. The van der Waals surface area contributed by atoms with Crippen molar-refractivity contribution in [3.05, 3.63) is 88.0 Å². The van der Waals surface area contributed by atoms with E-state index < -0.39 is 17.9 Å². The van der Waals surface area contributed by atoms with Gasteiger partial charge in [0, 0.05) is 22.5 Å². The Kier molecular flexibility index (Phi) is 6.14. The number of hydrogen-bond acceptors (Lipinski definition) is 5. The van der Waals surface area contributed by atoms with E-state index in [9.17, 15) is 19.2 Å². The smallest absolute Gasteiger partial charge is 0.344 e. The molecule has 3 N–H and O–H groups in total. The normalized spacial score (nSPS) is 11.9. The first-order chi connectivity index (χ1) is 16.2. The zero-order valence-corrected chi connectivity index (χ0v) is 18.9. The van der Waals surface area contributed by atoms with Crippen LogP contribution in [0.15, 0.2) is 54.6 Å². The molecular formula is C26H23N3O5. The number of rotatable bonds is 4. The van der Waals surface area contributed by atoms with Crippen molar-refractivity contribution >= 4 is 35.2 Å². The van der Waals surface area contributed by atoms with Gasteiger partial charge in [-0.25, -0.2) is 9.59 Å². The number of aryl methyl sites for hydroxylation is 3. The van der Waals surface area contributed by atoms with Crippen LogP contribution < -0.4 is 20.7 Å². The molecule has 0 aliphatic carbocycles. The molecular weight excluding hydrogens is 434 g/mol. The summed E-state index contributed by atoms with van der Waals surface area (Å²) in [6.07, 6.45) is 0.154. The van der Waals surface area contributed by atoms with Gasteiger partial charge in [0.15, 0.2) is 0 Å². The van der Waals surface area contributed by atoms with E-state index >= 15 is 0 Å². The molecule has 0 saturated heterocycles. The predicted molar refractivity (Wildman–Crippen MR) is 127 cm³/mol. The Morgan fingerprint density at radius 1 is 0.941 bits per heavy atom. The Balaban J connectivity index is 1.38. The lowest BCUT2D eigenvalue weighted by molar-refractivity contribution is -0.115. The second kappa shape index (κ2) is 9.19. The standard InChI is InChI=1S/C26H23N3O5/c1-14-11-15(2)23(16(3)12-14)25(32)34-18-9-7-17(8-10-18)24(31)29-26(33)28-21-6-4-5-20-19(21)13-22(30)27-20/h4-12H,13H2,1-3H3,(H,27,30)(H2,28,29,31,33). The van der Waals surface area contributed by atoms with Crippen molar-refractivity contribution in [2.24, 2.45) is 0 Å². The Labute approximate surface area is 196 Å². The topological polar surface area (TPSA) is 114 Å². The molecule has 0 spiro atoms. The molecule has 4 amide bonds. The number of ether oxygens (including phenoxy) is 1. The minimum atomic E-state index is -0.724. The van der Waals surface area contributed by atoms with Crippen LogP contribution in [0.2, 0.25) is 0 Å². The van der Waals surface area contributed by atoms with E-state index in [0.717, 1.165) is 16.7 Å². The second-order valence-electron chi connectivity index (χ2n) is 8.15. The number of urea groups is 1. The van der Waals surface area contributed by atoms with Crippen molar-refractivity contribution in [1.29, 1.82) is 0 Å². The first kappa shape index (κ1) is 22.7. The third-order valence-electron chi connectivity index (χ3n) is 5.47. The maximum atomic E-state index is 12.6. The fourth-order valence-electron chi connectivity index (χ4n) is 4.03. The van der Waals surface area contributed by atoms with E-state index in [-0.39, 0.29) is 23.6 Å². The average Bonchev–Trinajstić information content (AvgIpc) is 3.14. The van der Waals surface area contributed by atoms with Crippen molar-refractivity contribution in [2.45, 2.75) is 27.2 Å². The fraction of sp³-hybridized carbons (Fsp3) is 0.154. The number of anilines is 2. The molecule has 0 aromatic heterocycles. The first-order valence-electron chi connectivity index (χ1n) is 10.7. The molecule has 1 heterocycles. The Morgan fingerprint density at radius 2 is 1.62 bits per heavy atom. The van der Waals surface area contributed by atoms with Gasteiger partial charge in [-0.1, -0.05) is 23.8 Å². The van der Waals surface area contributed by atoms with E-state index in [0.29, 0.717) is 22.5 Å². The van der Waals surface area contributed by atoms with E-state index in [4.69, 9.17) is 4.74 Å². The number of amides is 4. The van der Waals surface area contributed by atoms with Gasteiger partial charge >= 0.3 is 12.0 Å². The summed E-state index contributed by atoms with van der Waals surface area (Å²) in [5, 5.41) is 7.55. The van der Waals surface area contributed by atoms with E-state index in [1.807, 2.05) is 32.9 Å². The lowest BCUT2D eigenvalue weighted by atomic mass is 10.00. The van der Waals surface area contributed by atoms with E-state index in [2.05, 4.69) is 16.0 Å². The van der Waals surface area contributed by atoms with Gasteiger partial charge in [-0.2, -0.15) is 0 Å². The number of carbonyl (C=O) groups is 4. The van der Waals surface area contributed by atoms with E-state index in [1.54, 1.807) is 18.2 Å². The fourth-order valence-corrected chi connectivity index (χ4v) is 4.03. The highest BCUT2D eigenvalue weighted by Crippen LogP contribution is 2.29. The highest BCUT2D eigenvalue weighted by Gasteiger charge is 2.22. The Hall–Kier alpha value is -4.46. The number of carbonyl (C=O) groups excluding carboxylic acids is 4. The van der Waals surface area contributed by atoms with Crippen LogP contribution in [0.4, 0.5) is 16.2 Å². The second-order valence-corrected chi connectivity index (χ2v) is 8.15. The number of fused-ring (bicyclic) bond motifs is 1. The molecule has 0 bridgehead atoms. The third kappa shape index (κ3) is 4.80. The summed E-state index contributed by atoms with van der Waals surface area (Å²) in [6.45, 7) is 5.67. The monoisotopic (exact) mass is 457 g/mol. The lowest BCUT2D eigenvalue weighted by Crippen LogP contribution is -2.34.